The van der Waals surface area contributed by atoms with Crippen molar-refractivity contribution in [1.29, 1.82) is 0 Å². The van der Waals surface area contributed by atoms with Crippen LogP contribution in [0.2, 0.25) is 0 Å². The van der Waals surface area contributed by atoms with Crippen molar-refractivity contribution in [2.45, 2.75) is 63.8 Å². The molecular weight excluding hydrogens is 508 g/mol. The maximum Gasteiger partial charge on any atom is 0.253 e. The highest BCUT2D eigenvalue weighted by Crippen LogP contribution is 2.07. The number of hydrogen-bond acceptors (Lipinski definition) is 8. The van der Waals surface area contributed by atoms with Crippen molar-refractivity contribution in [3.63, 3.8) is 0 Å². The summed E-state index contributed by atoms with van der Waals surface area (Å²) in [6, 6.07) is -0.806. The van der Waals surface area contributed by atoms with Crippen molar-refractivity contribution in [3.05, 3.63) is 24.3 Å². The van der Waals surface area contributed by atoms with Crippen LogP contribution in [0.15, 0.2) is 24.3 Å². The molecule has 0 saturated carbocycles. The molecule has 13 heteroatoms. The van der Waals surface area contributed by atoms with Crippen LogP contribution in [0.5, 0.6) is 0 Å². The van der Waals surface area contributed by atoms with Crippen LogP contribution in [0, 0.1) is 0 Å². The molecule has 0 radical (unpaired) electrons. The Kier molecular flexibility index (Phi) is 13.6. The highest BCUT2D eigenvalue weighted by atomic mass is 16.2. The van der Waals surface area contributed by atoms with Gasteiger partial charge in [0.25, 0.3) is 23.6 Å². The molecule has 7 amide bonds. The van der Waals surface area contributed by atoms with Gasteiger partial charge in [0.2, 0.25) is 17.7 Å². The average molecular weight is 547 g/mol. The molecule has 0 aromatic rings. The fourth-order valence-corrected chi connectivity index (χ4v) is 4.01. The second-order valence-corrected chi connectivity index (χ2v) is 9.28. The van der Waals surface area contributed by atoms with E-state index in [9.17, 15) is 33.6 Å². The summed E-state index contributed by atoms with van der Waals surface area (Å²) >= 11 is 0. The van der Waals surface area contributed by atoms with Gasteiger partial charge in [0.05, 0.1) is 0 Å². The zero-order valence-corrected chi connectivity index (χ0v) is 22.1. The Hall–Kier alpha value is -3.87. The van der Waals surface area contributed by atoms with E-state index >= 15 is 0 Å². The second kappa shape index (κ2) is 16.9. The van der Waals surface area contributed by atoms with Gasteiger partial charge in [0.15, 0.2) is 0 Å². The fraction of sp³-hybridized carbons (Fsp3) is 0.577. The Morgan fingerprint density at radius 1 is 0.667 bits per heavy atom. The summed E-state index contributed by atoms with van der Waals surface area (Å²) in [5.74, 6) is -2.92. The number of nitrogens with one attached hydrogen (secondary N) is 3. The first kappa shape index (κ1) is 31.3. The monoisotopic (exact) mass is 546 g/mol. The average Bonchev–Trinajstić information content (AvgIpc) is 3.41. The number of nitrogens with two attached hydrogens (primary N) is 1. The molecule has 0 aliphatic carbocycles. The number of imide groups is 2. The first-order chi connectivity index (χ1) is 18.7. The van der Waals surface area contributed by atoms with Gasteiger partial charge >= 0.3 is 0 Å². The van der Waals surface area contributed by atoms with Crippen LogP contribution in [0.3, 0.4) is 0 Å². The first-order valence-corrected chi connectivity index (χ1v) is 13.3. The van der Waals surface area contributed by atoms with Crippen molar-refractivity contribution in [2.24, 2.45) is 5.73 Å². The Morgan fingerprint density at radius 3 is 1.72 bits per heavy atom. The molecule has 5 N–H and O–H groups in total. The predicted molar refractivity (Wildman–Crippen MR) is 140 cm³/mol. The summed E-state index contributed by atoms with van der Waals surface area (Å²) < 4.78 is 0. The van der Waals surface area contributed by atoms with Gasteiger partial charge in [-0.05, 0) is 38.6 Å². The fourth-order valence-electron chi connectivity index (χ4n) is 4.01. The third-order valence-corrected chi connectivity index (χ3v) is 6.25. The third-order valence-electron chi connectivity index (χ3n) is 6.25. The number of unbranched alkanes of at least 4 members (excludes halogenated alkanes) is 4. The number of carbonyl (C=O) groups is 7. The minimum absolute atomic E-state index is 0.00167. The van der Waals surface area contributed by atoms with Gasteiger partial charge in [0.1, 0.15) is 6.04 Å². The van der Waals surface area contributed by atoms with Crippen LogP contribution in [0.4, 0.5) is 0 Å². The van der Waals surface area contributed by atoms with Gasteiger partial charge in [-0.3, -0.25) is 43.4 Å². The first-order valence-electron chi connectivity index (χ1n) is 13.3. The van der Waals surface area contributed by atoms with Crippen molar-refractivity contribution in [2.75, 3.05) is 32.7 Å². The van der Waals surface area contributed by atoms with Crippen LogP contribution >= 0.6 is 0 Å². The SMILES string of the molecule is NCCCCCCNC(=O)[C@H](CCCCNC(=O)CCN1C(=O)C=CC1=O)NC(=O)CCN1C(=O)C=CC1=O. The maximum absolute atomic E-state index is 12.8. The molecule has 0 spiro atoms. The zero-order chi connectivity index (χ0) is 28.6. The molecule has 2 aliphatic rings. The minimum atomic E-state index is -0.806. The zero-order valence-electron chi connectivity index (χ0n) is 22.1. The quantitative estimate of drug-likeness (QED) is 0.117. The predicted octanol–water partition coefficient (Wildman–Crippen LogP) is -0.977. The number of carbonyl (C=O) groups excluding carboxylic acids is 7. The lowest BCUT2D eigenvalue weighted by Crippen LogP contribution is -2.47. The van der Waals surface area contributed by atoms with Crippen molar-refractivity contribution < 1.29 is 33.6 Å². The summed E-state index contributed by atoms with van der Waals surface area (Å²) in [5.41, 5.74) is 5.49. The summed E-state index contributed by atoms with van der Waals surface area (Å²) in [5, 5.41) is 8.25. The van der Waals surface area contributed by atoms with E-state index in [2.05, 4.69) is 16.0 Å². The van der Waals surface area contributed by atoms with Crippen LogP contribution in [-0.2, 0) is 33.6 Å². The summed E-state index contributed by atoms with van der Waals surface area (Å²) in [6.07, 6.45) is 9.47. The molecule has 13 nitrogen and oxygen atoms in total. The molecule has 2 rings (SSSR count). The lowest BCUT2D eigenvalue weighted by molar-refractivity contribution is -0.139. The topological polar surface area (TPSA) is 188 Å². The van der Waals surface area contributed by atoms with E-state index in [0.29, 0.717) is 38.9 Å². The standard InChI is InChI=1S/C26H38N6O7/c27-14-4-1-2-5-16-29-26(39)19(30-21(34)13-18-32-24(37)10-11-25(32)38)7-3-6-15-28-20(33)12-17-31-22(35)8-9-23(31)36/h8-11,19H,1-7,12-18,27H2,(H,28,33)(H,29,39)(H,30,34)/t19-/m0/s1. The Balaban J connectivity index is 1.73. The van der Waals surface area contributed by atoms with Crippen LogP contribution in [0.1, 0.15) is 57.8 Å². The van der Waals surface area contributed by atoms with E-state index in [4.69, 9.17) is 5.73 Å². The molecule has 0 aromatic heterocycles. The van der Waals surface area contributed by atoms with Gasteiger partial charge in [-0.25, -0.2) is 0 Å². The molecule has 0 fully saturated rings. The summed E-state index contributed by atoms with van der Waals surface area (Å²) in [6.45, 7) is 1.34. The molecule has 0 saturated heterocycles. The van der Waals surface area contributed by atoms with E-state index in [1.54, 1.807) is 0 Å². The van der Waals surface area contributed by atoms with Gasteiger partial charge in [-0.2, -0.15) is 0 Å². The molecule has 1 atom stereocenters. The number of rotatable bonds is 19. The van der Waals surface area contributed by atoms with Crippen LogP contribution in [0.25, 0.3) is 0 Å². The van der Waals surface area contributed by atoms with Gasteiger partial charge < -0.3 is 21.7 Å². The molecule has 0 bridgehead atoms. The smallest absolute Gasteiger partial charge is 0.253 e. The highest BCUT2D eigenvalue weighted by molar-refractivity contribution is 6.13. The normalized spacial score (nSPS) is 15.3. The number of hydrogen-bond donors (Lipinski definition) is 4. The maximum atomic E-state index is 12.8. The Morgan fingerprint density at radius 2 is 1.15 bits per heavy atom. The minimum Gasteiger partial charge on any atom is -0.356 e. The molecule has 2 aliphatic heterocycles. The van der Waals surface area contributed by atoms with Gasteiger partial charge in [0, 0.05) is 63.3 Å². The van der Waals surface area contributed by atoms with Crippen LogP contribution in [-0.4, -0.2) is 89.9 Å². The summed E-state index contributed by atoms with van der Waals surface area (Å²) in [7, 11) is 0. The second-order valence-electron chi connectivity index (χ2n) is 9.28. The molecule has 2 heterocycles. The number of amides is 7. The van der Waals surface area contributed by atoms with E-state index in [1.165, 1.54) is 0 Å². The Labute approximate surface area is 227 Å². The van der Waals surface area contributed by atoms with E-state index in [0.717, 1.165) is 59.8 Å². The molecular formula is C26H38N6O7. The lowest BCUT2D eigenvalue weighted by Gasteiger charge is -2.20. The molecule has 214 valence electrons. The van der Waals surface area contributed by atoms with Gasteiger partial charge in [-0.1, -0.05) is 12.8 Å². The van der Waals surface area contributed by atoms with Crippen molar-refractivity contribution >= 4 is 41.4 Å². The largest absolute Gasteiger partial charge is 0.356 e. The van der Waals surface area contributed by atoms with E-state index in [1.807, 2.05) is 0 Å². The molecule has 39 heavy (non-hydrogen) atoms. The van der Waals surface area contributed by atoms with E-state index < -0.39 is 35.6 Å². The van der Waals surface area contributed by atoms with Crippen LogP contribution < -0.4 is 21.7 Å². The number of nitrogens with zero attached hydrogens (tertiary/aromatic N) is 2. The molecule has 0 aromatic carbocycles. The summed E-state index contributed by atoms with van der Waals surface area (Å²) in [4.78, 5) is 85.7. The lowest BCUT2D eigenvalue weighted by atomic mass is 10.1. The third kappa shape index (κ3) is 11.2. The Bertz CT molecular complexity index is 957. The van der Waals surface area contributed by atoms with Crippen molar-refractivity contribution in [3.8, 4) is 0 Å². The molecule has 0 unspecified atom stereocenters. The highest BCUT2D eigenvalue weighted by Gasteiger charge is 2.26. The van der Waals surface area contributed by atoms with Gasteiger partial charge in [-0.15, -0.1) is 0 Å². The van der Waals surface area contributed by atoms with Crippen molar-refractivity contribution in [1.82, 2.24) is 25.8 Å². The van der Waals surface area contributed by atoms with E-state index in [-0.39, 0.29) is 37.7 Å².